The summed E-state index contributed by atoms with van der Waals surface area (Å²) in [5, 5.41) is 0. The number of allylic oxidation sites excluding steroid dienone is 2. The lowest BCUT2D eigenvalue weighted by Crippen LogP contribution is -2.36. The molecule has 0 fully saturated rings. The van der Waals surface area contributed by atoms with Crippen LogP contribution >= 0.6 is 0 Å². The zero-order valence-corrected chi connectivity index (χ0v) is 6.62. The Morgan fingerprint density at radius 3 is 1.83 bits per heavy atom. The first-order valence-corrected chi connectivity index (χ1v) is 3.23. The van der Waals surface area contributed by atoms with Crippen LogP contribution in [0.15, 0.2) is 11.6 Å². The van der Waals surface area contributed by atoms with Crippen molar-refractivity contribution >= 4 is 0 Å². The third kappa shape index (κ3) is 2.79. The number of rotatable bonds is 3. The van der Waals surface area contributed by atoms with Gasteiger partial charge in [0.05, 0.1) is 0 Å². The van der Waals surface area contributed by atoms with Gasteiger partial charge >= 0.3 is 12.3 Å². The second kappa shape index (κ2) is 3.87. The first-order valence-electron chi connectivity index (χ1n) is 3.23. The highest BCUT2D eigenvalue weighted by Gasteiger charge is 2.48. The normalized spacial score (nSPS) is 14.7. The van der Waals surface area contributed by atoms with Gasteiger partial charge in [0.25, 0.3) is 0 Å². The quantitative estimate of drug-likeness (QED) is 0.471. The van der Waals surface area contributed by atoms with Gasteiger partial charge in [-0.05, 0) is 19.9 Å². The van der Waals surface area contributed by atoms with E-state index in [4.69, 9.17) is 0 Å². The fourth-order valence-corrected chi connectivity index (χ4v) is 0.524. The smallest absolute Gasteiger partial charge is 0.236 e. The Balaban J connectivity index is 4.46. The van der Waals surface area contributed by atoms with Gasteiger partial charge in [0.1, 0.15) is 0 Å². The molecule has 0 heterocycles. The van der Waals surface area contributed by atoms with E-state index in [-0.39, 0.29) is 5.57 Å². The Hall–Kier alpha value is -0.610. The molecular formula is C7H9F5. The summed E-state index contributed by atoms with van der Waals surface area (Å²) >= 11 is 0. The van der Waals surface area contributed by atoms with Crippen molar-refractivity contribution in [2.75, 3.05) is 0 Å². The van der Waals surface area contributed by atoms with E-state index in [1.54, 1.807) is 0 Å². The largest absolute Gasteiger partial charge is 0.341 e. The first kappa shape index (κ1) is 11.4. The van der Waals surface area contributed by atoms with Crippen LogP contribution in [0.3, 0.4) is 0 Å². The highest BCUT2D eigenvalue weighted by atomic mass is 19.3. The molecule has 0 aromatic heterocycles. The summed E-state index contributed by atoms with van der Waals surface area (Å²) in [5.41, 5.74) is 0.239. The van der Waals surface area contributed by atoms with Crippen LogP contribution < -0.4 is 0 Å². The molecule has 0 aliphatic heterocycles. The summed E-state index contributed by atoms with van der Waals surface area (Å²) in [6.45, 7) is 2.71. The molecule has 0 nitrogen and oxygen atoms in total. The van der Waals surface area contributed by atoms with Gasteiger partial charge < -0.3 is 0 Å². The number of halogens is 5. The SMILES string of the molecule is CC(C)=CC(F)C(F)(F)C(F)F. The van der Waals surface area contributed by atoms with E-state index >= 15 is 0 Å². The zero-order chi connectivity index (χ0) is 9.94. The fraction of sp³-hybridized carbons (Fsp3) is 0.714. The molecular weight excluding hydrogens is 179 g/mol. The van der Waals surface area contributed by atoms with Crippen molar-refractivity contribution in [1.82, 2.24) is 0 Å². The van der Waals surface area contributed by atoms with E-state index in [1.807, 2.05) is 0 Å². The molecule has 0 bridgehead atoms. The lowest BCUT2D eigenvalue weighted by Gasteiger charge is -2.17. The van der Waals surface area contributed by atoms with Gasteiger partial charge in [-0.3, -0.25) is 0 Å². The maximum absolute atomic E-state index is 12.4. The monoisotopic (exact) mass is 188 g/mol. The Labute approximate surface area is 67.1 Å². The van der Waals surface area contributed by atoms with Crippen molar-refractivity contribution in [1.29, 1.82) is 0 Å². The Bertz CT molecular complexity index is 169. The number of hydrogen-bond donors (Lipinski definition) is 0. The predicted octanol–water partition coefficient (Wildman–Crippen LogP) is 3.19. The summed E-state index contributed by atoms with van der Waals surface area (Å²) in [6, 6.07) is 0. The summed E-state index contributed by atoms with van der Waals surface area (Å²) in [4.78, 5) is 0. The van der Waals surface area contributed by atoms with Crippen LogP contribution in [0.5, 0.6) is 0 Å². The molecule has 0 amide bonds. The van der Waals surface area contributed by atoms with Crippen LogP contribution in [0.2, 0.25) is 0 Å². The molecule has 0 radical (unpaired) electrons. The predicted molar refractivity (Wildman–Crippen MR) is 35.3 cm³/mol. The summed E-state index contributed by atoms with van der Waals surface area (Å²) in [6.07, 6.45) is -6.41. The Morgan fingerprint density at radius 1 is 1.17 bits per heavy atom. The average Bonchev–Trinajstić information content (AvgIpc) is 1.85. The van der Waals surface area contributed by atoms with Gasteiger partial charge in [-0.1, -0.05) is 5.57 Å². The van der Waals surface area contributed by atoms with Crippen molar-refractivity contribution in [3.05, 3.63) is 11.6 Å². The van der Waals surface area contributed by atoms with Crippen LogP contribution in [0, 0.1) is 0 Å². The van der Waals surface area contributed by atoms with Gasteiger partial charge in [0.15, 0.2) is 6.17 Å². The van der Waals surface area contributed by atoms with Crippen molar-refractivity contribution in [2.24, 2.45) is 0 Å². The molecule has 0 aromatic rings. The Kier molecular flexibility index (Phi) is 3.67. The van der Waals surface area contributed by atoms with E-state index in [1.165, 1.54) is 13.8 Å². The molecule has 0 rings (SSSR count). The molecule has 1 unspecified atom stereocenters. The number of alkyl halides is 5. The molecule has 0 spiro atoms. The molecule has 72 valence electrons. The highest BCUT2D eigenvalue weighted by Crippen LogP contribution is 2.30. The first-order chi connectivity index (χ1) is 5.28. The highest BCUT2D eigenvalue weighted by molar-refractivity contribution is 5.03. The summed E-state index contributed by atoms with van der Waals surface area (Å²) in [5.74, 6) is -4.59. The van der Waals surface area contributed by atoms with Crippen LogP contribution in [0.25, 0.3) is 0 Å². The van der Waals surface area contributed by atoms with Crippen molar-refractivity contribution in [3.63, 3.8) is 0 Å². The second-order valence-corrected chi connectivity index (χ2v) is 2.62. The van der Waals surface area contributed by atoms with Crippen LogP contribution in [-0.4, -0.2) is 18.5 Å². The van der Waals surface area contributed by atoms with Crippen LogP contribution in [0.1, 0.15) is 13.8 Å². The minimum absolute atomic E-state index is 0.239. The molecule has 0 aromatic carbocycles. The maximum Gasteiger partial charge on any atom is 0.341 e. The molecule has 0 saturated heterocycles. The van der Waals surface area contributed by atoms with E-state index in [2.05, 4.69) is 0 Å². The minimum Gasteiger partial charge on any atom is -0.236 e. The third-order valence-corrected chi connectivity index (χ3v) is 1.14. The molecule has 0 aliphatic rings. The topological polar surface area (TPSA) is 0 Å². The van der Waals surface area contributed by atoms with Crippen molar-refractivity contribution in [2.45, 2.75) is 32.4 Å². The van der Waals surface area contributed by atoms with Gasteiger partial charge in [-0.25, -0.2) is 13.2 Å². The maximum atomic E-state index is 12.4. The van der Waals surface area contributed by atoms with Crippen LogP contribution in [0.4, 0.5) is 22.0 Å². The molecule has 1 atom stereocenters. The van der Waals surface area contributed by atoms with E-state index < -0.39 is 18.5 Å². The van der Waals surface area contributed by atoms with Gasteiger partial charge in [0, 0.05) is 0 Å². The number of hydrogen-bond acceptors (Lipinski definition) is 0. The second-order valence-electron chi connectivity index (χ2n) is 2.62. The summed E-state index contributed by atoms with van der Waals surface area (Å²) in [7, 11) is 0. The van der Waals surface area contributed by atoms with Gasteiger partial charge in [-0.15, -0.1) is 0 Å². The lowest BCUT2D eigenvalue weighted by molar-refractivity contribution is -0.158. The molecule has 0 aliphatic carbocycles. The van der Waals surface area contributed by atoms with Crippen molar-refractivity contribution in [3.8, 4) is 0 Å². The molecule has 12 heavy (non-hydrogen) atoms. The standard InChI is InChI=1S/C7H9F5/c1-4(2)3-5(8)7(11,12)6(9)10/h3,5-6H,1-2H3. The van der Waals surface area contributed by atoms with Gasteiger partial charge in [-0.2, -0.15) is 8.78 Å². The van der Waals surface area contributed by atoms with Crippen LogP contribution in [-0.2, 0) is 0 Å². The minimum atomic E-state index is -4.59. The summed E-state index contributed by atoms with van der Waals surface area (Å²) < 4.78 is 59.6. The van der Waals surface area contributed by atoms with E-state index in [9.17, 15) is 22.0 Å². The average molecular weight is 188 g/mol. The molecule has 5 heteroatoms. The van der Waals surface area contributed by atoms with Crippen molar-refractivity contribution < 1.29 is 22.0 Å². The van der Waals surface area contributed by atoms with Gasteiger partial charge in [0.2, 0.25) is 0 Å². The van der Waals surface area contributed by atoms with E-state index in [0.717, 1.165) is 0 Å². The van der Waals surface area contributed by atoms with E-state index in [0.29, 0.717) is 6.08 Å². The lowest BCUT2D eigenvalue weighted by atomic mass is 10.1. The fourth-order valence-electron chi connectivity index (χ4n) is 0.524. The third-order valence-electron chi connectivity index (χ3n) is 1.14. The Morgan fingerprint density at radius 2 is 1.58 bits per heavy atom. The zero-order valence-electron chi connectivity index (χ0n) is 6.62. The molecule has 0 saturated carbocycles. The molecule has 0 N–H and O–H groups in total.